The average Bonchev–Trinajstić information content (AvgIpc) is 2.60. The fraction of sp³-hybridized carbons (Fsp3) is 0.381. The fourth-order valence-corrected chi connectivity index (χ4v) is 4.25. The Hall–Kier alpha value is -1.78. The molecule has 0 radical (unpaired) electrons. The van der Waals surface area contributed by atoms with E-state index in [9.17, 15) is 4.79 Å². The Morgan fingerprint density at radius 3 is 2.84 bits per heavy atom. The zero-order chi connectivity index (χ0) is 17.8. The van der Waals surface area contributed by atoms with Crippen LogP contribution >= 0.6 is 11.8 Å². The van der Waals surface area contributed by atoms with Gasteiger partial charge in [-0.15, -0.1) is 11.8 Å². The van der Waals surface area contributed by atoms with Gasteiger partial charge in [0.05, 0.1) is 0 Å². The molecule has 1 aliphatic rings. The third kappa shape index (κ3) is 4.65. The first-order valence-electron chi connectivity index (χ1n) is 8.87. The number of aryl methyl sites for hydroxylation is 2. The summed E-state index contributed by atoms with van der Waals surface area (Å²) in [6, 6.07) is 14.7. The van der Waals surface area contributed by atoms with E-state index in [1.54, 1.807) is 0 Å². The second-order valence-corrected chi connectivity index (χ2v) is 7.93. The summed E-state index contributed by atoms with van der Waals surface area (Å²) in [5, 5.41) is 0. The van der Waals surface area contributed by atoms with Gasteiger partial charge in [-0.25, -0.2) is 0 Å². The SMILES string of the molecule is Cc1ccc(SCc2cccc(C(=O)N3CCCC(N)C3)c2)c(C)c1. The first kappa shape index (κ1) is 18.0. The molecule has 2 N–H and O–H groups in total. The van der Waals surface area contributed by atoms with E-state index in [1.165, 1.54) is 21.6 Å². The lowest BCUT2D eigenvalue weighted by Gasteiger charge is -2.30. The van der Waals surface area contributed by atoms with Gasteiger partial charge in [0.15, 0.2) is 0 Å². The van der Waals surface area contributed by atoms with Gasteiger partial charge in [-0.05, 0) is 56.0 Å². The predicted octanol–water partition coefficient (Wildman–Crippen LogP) is 4.16. The molecule has 0 bridgehead atoms. The van der Waals surface area contributed by atoms with Crippen molar-refractivity contribution in [1.29, 1.82) is 0 Å². The molecule has 3 rings (SSSR count). The van der Waals surface area contributed by atoms with Gasteiger partial charge >= 0.3 is 0 Å². The van der Waals surface area contributed by atoms with Crippen LogP contribution in [0.1, 0.15) is 39.9 Å². The Morgan fingerprint density at radius 2 is 2.08 bits per heavy atom. The maximum absolute atomic E-state index is 12.7. The molecule has 0 aliphatic carbocycles. The average molecular weight is 355 g/mol. The number of likely N-dealkylation sites (tertiary alicyclic amines) is 1. The molecular formula is C21H26N2OS. The summed E-state index contributed by atoms with van der Waals surface area (Å²) < 4.78 is 0. The molecule has 1 fully saturated rings. The number of hydrogen-bond acceptors (Lipinski definition) is 3. The Labute approximate surface area is 154 Å². The molecule has 2 aromatic rings. The zero-order valence-electron chi connectivity index (χ0n) is 15.0. The normalized spacial score (nSPS) is 17.6. The van der Waals surface area contributed by atoms with Crippen molar-refractivity contribution in [3.05, 3.63) is 64.7 Å². The van der Waals surface area contributed by atoms with E-state index >= 15 is 0 Å². The summed E-state index contributed by atoms with van der Waals surface area (Å²) >= 11 is 1.82. The van der Waals surface area contributed by atoms with Gasteiger partial charge < -0.3 is 10.6 Å². The number of benzene rings is 2. The van der Waals surface area contributed by atoms with Crippen molar-refractivity contribution in [1.82, 2.24) is 4.90 Å². The van der Waals surface area contributed by atoms with Crippen molar-refractivity contribution in [2.75, 3.05) is 13.1 Å². The first-order chi connectivity index (χ1) is 12.0. The van der Waals surface area contributed by atoms with E-state index < -0.39 is 0 Å². The molecule has 0 spiro atoms. The summed E-state index contributed by atoms with van der Waals surface area (Å²) in [7, 11) is 0. The van der Waals surface area contributed by atoms with Crippen molar-refractivity contribution >= 4 is 17.7 Å². The van der Waals surface area contributed by atoms with Crippen LogP contribution in [0.25, 0.3) is 0 Å². The zero-order valence-corrected chi connectivity index (χ0v) is 15.8. The highest BCUT2D eigenvalue weighted by atomic mass is 32.2. The largest absolute Gasteiger partial charge is 0.337 e. The van der Waals surface area contributed by atoms with E-state index in [0.29, 0.717) is 6.54 Å². The highest BCUT2D eigenvalue weighted by Crippen LogP contribution is 2.27. The first-order valence-corrected chi connectivity index (χ1v) is 9.85. The molecular weight excluding hydrogens is 328 g/mol. The summed E-state index contributed by atoms with van der Waals surface area (Å²) in [4.78, 5) is 15.9. The number of carbonyl (C=O) groups excluding carboxylic acids is 1. The molecule has 0 aromatic heterocycles. The van der Waals surface area contributed by atoms with Gasteiger partial charge in [0.2, 0.25) is 0 Å². The smallest absolute Gasteiger partial charge is 0.253 e. The van der Waals surface area contributed by atoms with E-state index in [4.69, 9.17) is 5.73 Å². The number of nitrogens with zero attached hydrogens (tertiary/aromatic N) is 1. The van der Waals surface area contributed by atoms with E-state index in [1.807, 2.05) is 34.9 Å². The van der Waals surface area contributed by atoms with Crippen LogP contribution in [-0.2, 0) is 5.75 Å². The number of hydrogen-bond donors (Lipinski definition) is 1. The summed E-state index contributed by atoms with van der Waals surface area (Å²) in [6.07, 6.45) is 2.01. The maximum Gasteiger partial charge on any atom is 0.253 e. The summed E-state index contributed by atoms with van der Waals surface area (Å²) in [6.45, 7) is 5.74. The molecule has 4 heteroatoms. The molecule has 3 nitrogen and oxygen atoms in total. The lowest BCUT2D eigenvalue weighted by molar-refractivity contribution is 0.0708. The standard InChI is InChI=1S/C21H26N2OS/c1-15-8-9-20(16(2)11-15)25-14-17-5-3-6-18(12-17)21(24)23-10-4-7-19(22)13-23/h3,5-6,8-9,11-12,19H,4,7,10,13-14,22H2,1-2H3. The van der Waals surface area contributed by atoms with Crippen LogP contribution in [-0.4, -0.2) is 29.9 Å². The number of thioether (sulfide) groups is 1. The highest BCUT2D eigenvalue weighted by Gasteiger charge is 2.22. The molecule has 1 unspecified atom stereocenters. The molecule has 1 heterocycles. The van der Waals surface area contributed by atoms with E-state index in [-0.39, 0.29) is 11.9 Å². The molecule has 2 aromatic carbocycles. The van der Waals surface area contributed by atoms with Crippen molar-refractivity contribution in [2.45, 2.75) is 43.4 Å². The highest BCUT2D eigenvalue weighted by molar-refractivity contribution is 7.98. The van der Waals surface area contributed by atoms with Gasteiger partial charge in [-0.2, -0.15) is 0 Å². The van der Waals surface area contributed by atoms with Gasteiger partial charge in [0.25, 0.3) is 5.91 Å². The van der Waals surface area contributed by atoms with Crippen LogP contribution in [0.15, 0.2) is 47.4 Å². The number of piperidine rings is 1. The van der Waals surface area contributed by atoms with Crippen LogP contribution in [0, 0.1) is 13.8 Å². The van der Waals surface area contributed by atoms with Crippen LogP contribution in [0.4, 0.5) is 0 Å². The van der Waals surface area contributed by atoms with E-state index in [0.717, 1.165) is 30.7 Å². The molecule has 25 heavy (non-hydrogen) atoms. The van der Waals surface area contributed by atoms with Crippen LogP contribution in [0.5, 0.6) is 0 Å². The van der Waals surface area contributed by atoms with Gasteiger partial charge in [0, 0.05) is 35.3 Å². The lowest BCUT2D eigenvalue weighted by atomic mass is 10.0. The topological polar surface area (TPSA) is 46.3 Å². The molecule has 1 amide bonds. The second-order valence-electron chi connectivity index (χ2n) is 6.91. The van der Waals surface area contributed by atoms with Gasteiger partial charge in [0.1, 0.15) is 0 Å². The second kappa shape index (κ2) is 8.07. The molecule has 1 atom stereocenters. The van der Waals surface area contributed by atoms with Crippen molar-refractivity contribution in [3.63, 3.8) is 0 Å². The Kier molecular flexibility index (Phi) is 5.82. The number of nitrogens with two attached hydrogens (primary N) is 1. The minimum Gasteiger partial charge on any atom is -0.337 e. The third-order valence-electron chi connectivity index (χ3n) is 4.64. The minimum atomic E-state index is 0.105. The summed E-state index contributed by atoms with van der Waals surface area (Å²) in [5.41, 5.74) is 10.6. The molecule has 1 aliphatic heterocycles. The number of rotatable bonds is 4. The predicted molar refractivity (Wildman–Crippen MR) is 105 cm³/mol. The van der Waals surface area contributed by atoms with Crippen LogP contribution in [0.3, 0.4) is 0 Å². The Bertz CT molecular complexity index is 759. The lowest BCUT2D eigenvalue weighted by Crippen LogP contribution is -2.45. The minimum absolute atomic E-state index is 0.105. The number of carbonyl (C=O) groups is 1. The Balaban J connectivity index is 1.67. The van der Waals surface area contributed by atoms with Crippen LogP contribution < -0.4 is 5.73 Å². The fourth-order valence-electron chi connectivity index (χ4n) is 3.29. The van der Waals surface area contributed by atoms with Gasteiger partial charge in [-0.3, -0.25) is 4.79 Å². The van der Waals surface area contributed by atoms with Crippen molar-refractivity contribution < 1.29 is 4.79 Å². The molecule has 1 saturated heterocycles. The molecule has 0 saturated carbocycles. The van der Waals surface area contributed by atoms with Gasteiger partial charge in [-0.1, -0.05) is 29.8 Å². The summed E-state index contributed by atoms with van der Waals surface area (Å²) in [5.74, 6) is 0.971. The Morgan fingerprint density at radius 1 is 1.24 bits per heavy atom. The quantitative estimate of drug-likeness (QED) is 0.839. The van der Waals surface area contributed by atoms with Crippen molar-refractivity contribution in [3.8, 4) is 0 Å². The molecule has 132 valence electrons. The van der Waals surface area contributed by atoms with Crippen LogP contribution in [0.2, 0.25) is 0 Å². The third-order valence-corrected chi connectivity index (χ3v) is 5.89. The van der Waals surface area contributed by atoms with E-state index in [2.05, 4.69) is 38.1 Å². The maximum atomic E-state index is 12.7. The van der Waals surface area contributed by atoms with Crippen molar-refractivity contribution in [2.24, 2.45) is 5.73 Å². The monoisotopic (exact) mass is 354 g/mol. The number of amides is 1.